The molecule has 4 saturated carbocycles. The van der Waals surface area contributed by atoms with E-state index in [1.165, 1.54) is 25.7 Å². The zero-order valence-electron chi connectivity index (χ0n) is 9.48. The van der Waals surface area contributed by atoms with E-state index >= 15 is 0 Å². The zero-order chi connectivity index (χ0) is 9.48. The summed E-state index contributed by atoms with van der Waals surface area (Å²) in [6, 6.07) is 0. The van der Waals surface area contributed by atoms with Gasteiger partial charge in [0.25, 0.3) is 0 Å². The molecular weight excluding hydrogens is 156 g/mol. The van der Waals surface area contributed by atoms with Crippen LogP contribution in [-0.2, 0) is 0 Å². The van der Waals surface area contributed by atoms with E-state index in [1.54, 1.807) is 0 Å². The van der Waals surface area contributed by atoms with Crippen LogP contribution in [0.2, 0.25) is 0 Å². The zero-order valence-corrected chi connectivity index (χ0v) is 9.48. The van der Waals surface area contributed by atoms with Crippen molar-refractivity contribution in [3.63, 3.8) is 0 Å². The minimum absolute atomic E-state index is 0.628. The maximum absolute atomic E-state index is 2.55. The molecule has 4 fully saturated rings. The van der Waals surface area contributed by atoms with Crippen molar-refractivity contribution < 1.29 is 0 Å². The maximum Gasteiger partial charge on any atom is -0.0258 e. The van der Waals surface area contributed by atoms with Crippen molar-refractivity contribution in [2.45, 2.75) is 53.4 Å². The molecule has 0 aromatic heterocycles. The van der Waals surface area contributed by atoms with Crippen LogP contribution in [0.4, 0.5) is 0 Å². The van der Waals surface area contributed by atoms with Crippen LogP contribution >= 0.6 is 0 Å². The molecule has 0 saturated heterocycles. The minimum atomic E-state index is 0.628. The van der Waals surface area contributed by atoms with Crippen LogP contribution in [0, 0.1) is 28.1 Å². The molecule has 0 heterocycles. The van der Waals surface area contributed by atoms with Gasteiger partial charge in [-0.25, -0.2) is 0 Å². The minimum Gasteiger partial charge on any atom is -0.0591 e. The molecule has 0 aliphatic heterocycles. The summed E-state index contributed by atoms with van der Waals surface area (Å²) in [5.74, 6) is 2.16. The van der Waals surface area contributed by atoms with Crippen molar-refractivity contribution in [3.8, 4) is 0 Å². The first-order chi connectivity index (χ1) is 5.92. The fraction of sp³-hybridized carbons (Fsp3) is 1.00. The first kappa shape index (κ1) is 8.32. The topological polar surface area (TPSA) is 0 Å². The number of fused-ring (bicyclic) bond motifs is 2. The van der Waals surface area contributed by atoms with Crippen molar-refractivity contribution in [1.82, 2.24) is 0 Å². The molecular formula is C13H22. The summed E-state index contributed by atoms with van der Waals surface area (Å²) in [7, 11) is 0. The van der Waals surface area contributed by atoms with Gasteiger partial charge in [0, 0.05) is 0 Å². The summed E-state index contributed by atoms with van der Waals surface area (Å²) in [4.78, 5) is 0. The third-order valence-electron chi connectivity index (χ3n) is 6.30. The lowest BCUT2D eigenvalue weighted by Crippen LogP contribution is -2.33. The maximum atomic E-state index is 2.55. The van der Waals surface area contributed by atoms with Crippen LogP contribution in [0.15, 0.2) is 0 Å². The van der Waals surface area contributed by atoms with E-state index in [-0.39, 0.29) is 0 Å². The molecule has 4 bridgehead atoms. The molecule has 0 aromatic carbocycles. The standard InChI is InChI=1S/C13H22/c1-11(2)10-9-8-12(11,3)6-5-7-13(9,10)4/h9-10H,5-8H2,1-4H3/t9?,10-,12-,13+/m0/s1. The van der Waals surface area contributed by atoms with Crippen LogP contribution in [0.5, 0.6) is 0 Å². The Hall–Kier alpha value is 0. The molecule has 13 heavy (non-hydrogen) atoms. The third kappa shape index (κ3) is 0.680. The molecule has 0 heteroatoms. The Morgan fingerprint density at radius 3 is 2.23 bits per heavy atom. The molecule has 4 aliphatic rings. The molecule has 0 N–H and O–H groups in total. The van der Waals surface area contributed by atoms with Crippen LogP contribution in [0.3, 0.4) is 0 Å². The second kappa shape index (κ2) is 1.85. The summed E-state index contributed by atoms with van der Waals surface area (Å²) in [5, 5.41) is 0. The summed E-state index contributed by atoms with van der Waals surface area (Å²) in [5.41, 5.74) is 2.07. The van der Waals surface area contributed by atoms with Gasteiger partial charge in [0.15, 0.2) is 0 Å². The van der Waals surface area contributed by atoms with Crippen molar-refractivity contribution >= 4 is 0 Å². The van der Waals surface area contributed by atoms with Crippen molar-refractivity contribution in [3.05, 3.63) is 0 Å². The highest BCUT2D eigenvalue weighted by Crippen LogP contribution is 2.82. The van der Waals surface area contributed by atoms with E-state index in [0.717, 1.165) is 17.3 Å². The second-order valence-electron chi connectivity index (χ2n) is 6.93. The van der Waals surface area contributed by atoms with Gasteiger partial charge >= 0.3 is 0 Å². The Balaban J connectivity index is 2.09. The molecule has 4 aliphatic carbocycles. The number of rotatable bonds is 0. The van der Waals surface area contributed by atoms with Gasteiger partial charge in [0.2, 0.25) is 0 Å². The van der Waals surface area contributed by atoms with E-state index in [4.69, 9.17) is 0 Å². The largest absolute Gasteiger partial charge is 0.0591 e. The van der Waals surface area contributed by atoms with Gasteiger partial charge in [-0.3, -0.25) is 0 Å². The average molecular weight is 178 g/mol. The summed E-state index contributed by atoms with van der Waals surface area (Å²) in [6.45, 7) is 10.2. The van der Waals surface area contributed by atoms with Crippen molar-refractivity contribution in [2.75, 3.05) is 0 Å². The Bertz CT molecular complexity index is 265. The SMILES string of the molecule is CC1(C)[C@@H]2C3C[C@]1(C)CCC[C@]32C. The highest BCUT2D eigenvalue weighted by atomic mass is 14.8. The van der Waals surface area contributed by atoms with E-state index in [2.05, 4.69) is 27.7 Å². The molecule has 0 aromatic rings. The van der Waals surface area contributed by atoms with Gasteiger partial charge in [-0.1, -0.05) is 34.1 Å². The Kier molecular flexibility index (Phi) is 1.19. The molecule has 4 rings (SSSR count). The van der Waals surface area contributed by atoms with E-state index in [0.29, 0.717) is 10.8 Å². The molecule has 0 spiro atoms. The molecule has 74 valence electrons. The van der Waals surface area contributed by atoms with E-state index < -0.39 is 0 Å². The monoisotopic (exact) mass is 178 g/mol. The second-order valence-corrected chi connectivity index (χ2v) is 6.93. The van der Waals surface area contributed by atoms with Crippen LogP contribution in [0.1, 0.15) is 53.4 Å². The summed E-state index contributed by atoms with van der Waals surface area (Å²) < 4.78 is 0. The lowest BCUT2D eigenvalue weighted by molar-refractivity contribution is 0.0769. The van der Waals surface area contributed by atoms with Gasteiger partial charge in [-0.05, 0) is 47.3 Å². The van der Waals surface area contributed by atoms with Crippen molar-refractivity contribution in [2.24, 2.45) is 28.1 Å². The predicted octanol–water partition coefficient (Wildman–Crippen LogP) is 3.86. The number of hydrogen-bond acceptors (Lipinski definition) is 0. The van der Waals surface area contributed by atoms with Gasteiger partial charge in [0.1, 0.15) is 0 Å². The van der Waals surface area contributed by atoms with Gasteiger partial charge in [0.05, 0.1) is 0 Å². The smallest absolute Gasteiger partial charge is 0.0258 e. The molecule has 0 amide bonds. The third-order valence-corrected chi connectivity index (χ3v) is 6.30. The van der Waals surface area contributed by atoms with Crippen LogP contribution < -0.4 is 0 Å². The molecule has 1 unspecified atom stereocenters. The highest BCUT2D eigenvalue weighted by molar-refractivity contribution is 5.24. The Morgan fingerprint density at radius 1 is 1.00 bits per heavy atom. The van der Waals surface area contributed by atoms with Gasteiger partial charge in [-0.2, -0.15) is 0 Å². The first-order valence-corrected chi connectivity index (χ1v) is 5.92. The fourth-order valence-corrected chi connectivity index (χ4v) is 5.09. The predicted molar refractivity (Wildman–Crippen MR) is 55.4 cm³/mol. The Labute approximate surface area is 82.1 Å². The lowest BCUT2D eigenvalue weighted by Gasteiger charge is -2.41. The lowest BCUT2D eigenvalue weighted by atomic mass is 9.63. The van der Waals surface area contributed by atoms with E-state index in [9.17, 15) is 0 Å². The fourth-order valence-electron chi connectivity index (χ4n) is 5.09. The highest BCUT2D eigenvalue weighted by Gasteiger charge is 2.76. The van der Waals surface area contributed by atoms with Gasteiger partial charge in [-0.15, -0.1) is 0 Å². The summed E-state index contributed by atoms with van der Waals surface area (Å²) >= 11 is 0. The van der Waals surface area contributed by atoms with Crippen LogP contribution in [-0.4, -0.2) is 0 Å². The quantitative estimate of drug-likeness (QED) is 0.528. The molecule has 0 nitrogen and oxygen atoms in total. The van der Waals surface area contributed by atoms with Crippen molar-refractivity contribution in [1.29, 1.82) is 0 Å². The first-order valence-electron chi connectivity index (χ1n) is 5.92. The van der Waals surface area contributed by atoms with E-state index in [1.807, 2.05) is 0 Å². The molecule has 0 radical (unpaired) electrons. The number of hydrogen-bond donors (Lipinski definition) is 0. The molecule has 4 atom stereocenters. The average Bonchev–Trinajstić information content (AvgIpc) is 2.50. The normalized spacial score (nSPS) is 61.8. The summed E-state index contributed by atoms with van der Waals surface area (Å²) in [6.07, 6.45) is 6.02. The Morgan fingerprint density at radius 2 is 1.69 bits per heavy atom. The van der Waals surface area contributed by atoms with Gasteiger partial charge < -0.3 is 0 Å². The van der Waals surface area contributed by atoms with Crippen LogP contribution in [0.25, 0.3) is 0 Å².